The largest absolute Gasteiger partial charge is 0.457 e. The Morgan fingerprint density at radius 2 is 1.81 bits per heavy atom. The second-order valence-electron chi connectivity index (χ2n) is 12.8. The molecule has 7 rings (SSSR count). The average Bonchev–Trinajstić information content (AvgIpc) is 3.47. The minimum absolute atomic E-state index is 0.105. The molecule has 47 heavy (non-hydrogen) atoms. The highest BCUT2D eigenvalue weighted by molar-refractivity contribution is 9.09. The first-order chi connectivity index (χ1) is 22.8. The van der Waals surface area contributed by atoms with Gasteiger partial charge in [-0.3, -0.25) is 9.59 Å². The number of aryl methyl sites for hydroxylation is 1. The molecular formula is C35H39BrN4O7. The van der Waals surface area contributed by atoms with Gasteiger partial charge in [-0.25, -0.2) is 14.6 Å². The van der Waals surface area contributed by atoms with Gasteiger partial charge in [0.15, 0.2) is 0 Å². The molecule has 1 amide bonds. The molecule has 2 aromatic heterocycles. The molecule has 6 heterocycles. The number of pyridine rings is 2. The summed E-state index contributed by atoms with van der Waals surface area (Å²) in [5.41, 5.74) is 2.42. The molecule has 2 saturated heterocycles. The van der Waals surface area contributed by atoms with E-state index in [9.17, 15) is 19.2 Å². The first-order valence-electron chi connectivity index (χ1n) is 16.7. The standard InChI is InChI=1S/C35H39BrN4O7/c1-3-23-24-16-22(46-34(44)39-14-10-21(11-15-39)38-12-6-5-7-13-38)8-9-28(24)37-31-25(23)19-40-29(31)17-27-26(32(40)42)20-45-33(43)35(27,4-2)47-30(41)18-36/h8-9,16-17,21H,3-7,10-15,18-20H2,1-2H3. The summed E-state index contributed by atoms with van der Waals surface area (Å²) in [6, 6.07) is 7.76. The Hall–Kier alpha value is -3.77. The van der Waals surface area contributed by atoms with Crippen LogP contribution in [0.1, 0.15) is 74.6 Å². The van der Waals surface area contributed by atoms with Crippen LogP contribution in [-0.2, 0) is 44.2 Å². The van der Waals surface area contributed by atoms with Crippen LogP contribution in [0.4, 0.5) is 4.79 Å². The molecule has 1 unspecified atom stereocenters. The number of hydrogen-bond acceptors (Lipinski definition) is 9. The molecule has 0 radical (unpaired) electrons. The van der Waals surface area contributed by atoms with Gasteiger partial charge in [-0.2, -0.15) is 0 Å². The third kappa shape index (κ3) is 5.43. The molecule has 248 valence electrons. The number of hydrogen-bond donors (Lipinski definition) is 0. The summed E-state index contributed by atoms with van der Waals surface area (Å²) in [4.78, 5) is 62.0. The summed E-state index contributed by atoms with van der Waals surface area (Å²) in [6.07, 6.45) is 6.19. The molecule has 4 aliphatic heterocycles. The first-order valence-corrected chi connectivity index (χ1v) is 17.8. The van der Waals surface area contributed by atoms with E-state index in [1.165, 1.54) is 19.3 Å². The van der Waals surface area contributed by atoms with E-state index in [4.69, 9.17) is 19.2 Å². The molecule has 0 bridgehead atoms. The minimum atomic E-state index is -1.72. The molecule has 1 atom stereocenters. The number of nitrogens with zero attached hydrogens (tertiary/aromatic N) is 4. The number of ether oxygens (including phenoxy) is 3. The summed E-state index contributed by atoms with van der Waals surface area (Å²) in [7, 11) is 0. The van der Waals surface area contributed by atoms with E-state index in [1.807, 2.05) is 19.1 Å². The highest BCUT2D eigenvalue weighted by Gasteiger charge is 2.50. The lowest BCUT2D eigenvalue weighted by atomic mass is 9.85. The zero-order chi connectivity index (χ0) is 32.9. The number of alkyl halides is 1. The summed E-state index contributed by atoms with van der Waals surface area (Å²) in [6.45, 7) is 7.56. The van der Waals surface area contributed by atoms with E-state index in [2.05, 4.69) is 20.8 Å². The number of likely N-dealkylation sites (tertiary alicyclic amines) is 2. The van der Waals surface area contributed by atoms with Crippen molar-refractivity contribution in [2.75, 3.05) is 31.5 Å². The predicted octanol–water partition coefficient (Wildman–Crippen LogP) is 5.04. The van der Waals surface area contributed by atoms with Gasteiger partial charge in [-0.15, -0.1) is 0 Å². The summed E-state index contributed by atoms with van der Waals surface area (Å²) >= 11 is 3.10. The molecule has 3 aromatic rings. The Kier molecular flexibility index (Phi) is 8.58. The second kappa shape index (κ2) is 12.7. The quantitative estimate of drug-likeness (QED) is 0.201. The van der Waals surface area contributed by atoms with Crippen LogP contribution in [0.15, 0.2) is 29.1 Å². The molecule has 1 aromatic carbocycles. The molecule has 0 saturated carbocycles. The fraction of sp³-hybridized carbons (Fsp3) is 0.514. The Balaban J connectivity index is 1.18. The Morgan fingerprint density at radius 1 is 1.04 bits per heavy atom. The number of carbonyl (C=O) groups is 3. The topological polar surface area (TPSA) is 120 Å². The monoisotopic (exact) mass is 706 g/mol. The van der Waals surface area contributed by atoms with E-state index < -0.39 is 17.5 Å². The van der Waals surface area contributed by atoms with Gasteiger partial charge in [0.1, 0.15) is 17.7 Å². The third-order valence-corrected chi connectivity index (χ3v) is 10.8. The van der Waals surface area contributed by atoms with Gasteiger partial charge < -0.3 is 28.6 Å². The SMILES string of the molecule is CCc1c2c(nc3ccc(OC(=O)N4CCC(N5CCCCC5)CC4)cc13)-c1cc3c(c(=O)n1C2)COC(=O)C3(CC)OC(=O)CBr. The van der Waals surface area contributed by atoms with Crippen molar-refractivity contribution in [3.63, 3.8) is 0 Å². The van der Waals surface area contributed by atoms with Crippen LogP contribution >= 0.6 is 15.9 Å². The van der Waals surface area contributed by atoms with Crippen LogP contribution in [0.2, 0.25) is 0 Å². The maximum Gasteiger partial charge on any atom is 0.415 e. The molecule has 12 heteroatoms. The molecular weight excluding hydrogens is 668 g/mol. The smallest absolute Gasteiger partial charge is 0.415 e. The van der Waals surface area contributed by atoms with E-state index in [0.717, 1.165) is 42.4 Å². The van der Waals surface area contributed by atoms with Gasteiger partial charge in [-0.1, -0.05) is 36.2 Å². The van der Waals surface area contributed by atoms with Crippen LogP contribution in [-0.4, -0.2) is 74.9 Å². The van der Waals surface area contributed by atoms with Crippen LogP contribution < -0.4 is 10.3 Å². The van der Waals surface area contributed by atoms with Gasteiger partial charge in [0, 0.05) is 35.6 Å². The first kappa shape index (κ1) is 31.8. The summed E-state index contributed by atoms with van der Waals surface area (Å²) < 4.78 is 18.6. The van der Waals surface area contributed by atoms with Gasteiger partial charge >= 0.3 is 18.0 Å². The van der Waals surface area contributed by atoms with Crippen molar-refractivity contribution in [3.05, 3.63) is 56.9 Å². The number of piperidine rings is 2. The zero-order valence-electron chi connectivity index (χ0n) is 26.8. The number of amides is 1. The predicted molar refractivity (Wildman–Crippen MR) is 178 cm³/mol. The van der Waals surface area contributed by atoms with Crippen LogP contribution in [0.3, 0.4) is 0 Å². The Bertz CT molecular complexity index is 1830. The van der Waals surface area contributed by atoms with Gasteiger partial charge in [-0.05, 0) is 81.4 Å². The lowest BCUT2D eigenvalue weighted by molar-refractivity contribution is -0.187. The molecule has 0 N–H and O–H groups in total. The number of carbonyl (C=O) groups excluding carboxylic acids is 3. The normalized spacial score (nSPS) is 21.2. The van der Waals surface area contributed by atoms with Gasteiger partial charge in [0.2, 0.25) is 5.60 Å². The van der Waals surface area contributed by atoms with Crippen molar-refractivity contribution in [2.45, 2.75) is 83.6 Å². The Labute approximate surface area is 281 Å². The van der Waals surface area contributed by atoms with Crippen molar-refractivity contribution in [2.24, 2.45) is 0 Å². The van der Waals surface area contributed by atoms with Gasteiger partial charge in [0.25, 0.3) is 5.56 Å². The summed E-state index contributed by atoms with van der Waals surface area (Å²) in [5, 5.41) is 0.755. The van der Waals surface area contributed by atoms with Crippen LogP contribution in [0, 0.1) is 0 Å². The van der Waals surface area contributed by atoms with E-state index >= 15 is 0 Å². The Morgan fingerprint density at radius 3 is 2.51 bits per heavy atom. The number of esters is 2. The van der Waals surface area contributed by atoms with Crippen molar-refractivity contribution in [1.29, 1.82) is 0 Å². The van der Waals surface area contributed by atoms with E-state index in [0.29, 0.717) is 65.9 Å². The lowest BCUT2D eigenvalue weighted by Crippen LogP contribution is -2.48. The molecule has 0 aliphatic carbocycles. The molecule has 11 nitrogen and oxygen atoms in total. The number of rotatable bonds is 6. The highest BCUT2D eigenvalue weighted by atomic mass is 79.9. The fourth-order valence-electron chi connectivity index (χ4n) is 7.85. The van der Waals surface area contributed by atoms with Crippen molar-refractivity contribution < 1.29 is 28.6 Å². The lowest BCUT2D eigenvalue weighted by Gasteiger charge is -2.39. The van der Waals surface area contributed by atoms with E-state index in [1.54, 1.807) is 28.5 Å². The fourth-order valence-corrected chi connectivity index (χ4v) is 7.96. The number of aromatic nitrogens is 2. The second-order valence-corrected chi connectivity index (χ2v) is 13.4. The number of fused-ring (bicyclic) bond motifs is 5. The van der Waals surface area contributed by atoms with Crippen LogP contribution in [0.5, 0.6) is 5.75 Å². The van der Waals surface area contributed by atoms with Crippen LogP contribution in [0.25, 0.3) is 22.3 Å². The number of cyclic esters (lactones) is 1. The van der Waals surface area contributed by atoms with E-state index in [-0.39, 0.29) is 30.0 Å². The van der Waals surface area contributed by atoms with Gasteiger partial charge in [0.05, 0.1) is 29.0 Å². The molecule has 4 aliphatic rings. The molecule has 0 spiro atoms. The maximum absolute atomic E-state index is 13.9. The third-order valence-electron chi connectivity index (χ3n) is 10.3. The summed E-state index contributed by atoms with van der Waals surface area (Å²) in [5.74, 6) is -0.871. The highest BCUT2D eigenvalue weighted by Crippen LogP contribution is 2.42. The number of halogens is 1. The number of benzene rings is 1. The minimum Gasteiger partial charge on any atom is -0.457 e. The van der Waals surface area contributed by atoms with Crippen molar-refractivity contribution in [1.82, 2.24) is 19.4 Å². The average molecular weight is 708 g/mol. The zero-order valence-corrected chi connectivity index (χ0v) is 28.4. The molecule has 2 fully saturated rings. The van der Waals surface area contributed by atoms with Crippen molar-refractivity contribution in [3.8, 4) is 17.1 Å². The van der Waals surface area contributed by atoms with Crippen molar-refractivity contribution >= 4 is 44.9 Å². The maximum atomic E-state index is 13.9.